The summed E-state index contributed by atoms with van der Waals surface area (Å²) in [5, 5.41) is 40.2. The predicted octanol–water partition coefficient (Wildman–Crippen LogP) is -2.23. The molecule has 0 aromatic rings. The van der Waals surface area contributed by atoms with Crippen molar-refractivity contribution in [1.82, 2.24) is 0 Å². The number of hydrogen-bond donors (Lipinski definition) is 4. The highest BCUT2D eigenvalue weighted by molar-refractivity contribution is 6.29. The molecule has 8 heteroatoms. The van der Waals surface area contributed by atoms with Gasteiger partial charge in [0.25, 0.3) is 0 Å². The highest BCUT2D eigenvalue weighted by atomic mass is 16.6. The Morgan fingerprint density at radius 2 is 2.04 bits per heavy atom. The van der Waals surface area contributed by atoms with Crippen LogP contribution < -0.4 is 0 Å². The second-order valence-corrected chi connectivity index (χ2v) is 8.23. The molecule has 128 valence electrons. The van der Waals surface area contributed by atoms with Crippen LogP contribution in [0, 0.1) is 17.3 Å². The molecule has 0 aromatic heterocycles. The van der Waals surface area contributed by atoms with Gasteiger partial charge in [0.2, 0.25) is 0 Å². The number of fused-ring (bicyclic) bond motifs is 3. The van der Waals surface area contributed by atoms with Crippen molar-refractivity contribution < 1.29 is 29.8 Å². The number of hydrogen-bond acceptors (Lipinski definition) is 6. The van der Waals surface area contributed by atoms with Crippen LogP contribution in [0.15, 0.2) is 0 Å². The van der Waals surface area contributed by atoms with Crippen molar-refractivity contribution in [3.05, 3.63) is 0 Å². The van der Waals surface area contributed by atoms with Gasteiger partial charge in [0.1, 0.15) is 13.4 Å². The maximum Gasteiger partial charge on any atom is 0.304 e. The van der Waals surface area contributed by atoms with Gasteiger partial charge in [0.15, 0.2) is 0 Å². The SMILES string of the molecule is B[C@H]1[C@H](O)[C@H](O)[C@]2(COB[C@@H]3O[C@@]4(CO)CCC[C@@H]3[C@@H]4O)C[C@H]12. The zero-order valence-electron chi connectivity index (χ0n) is 13.6. The Morgan fingerprint density at radius 3 is 2.65 bits per heavy atom. The van der Waals surface area contributed by atoms with Gasteiger partial charge in [0, 0.05) is 17.9 Å². The summed E-state index contributed by atoms with van der Waals surface area (Å²) in [5.74, 6) is 0.474. The summed E-state index contributed by atoms with van der Waals surface area (Å²) in [6, 6.07) is -0.200. The molecular formula is C15H26B2O6. The van der Waals surface area contributed by atoms with Gasteiger partial charge in [-0.15, -0.1) is 0 Å². The second-order valence-electron chi connectivity index (χ2n) is 8.23. The van der Waals surface area contributed by atoms with Gasteiger partial charge in [0.05, 0.1) is 30.9 Å². The van der Waals surface area contributed by atoms with Gasteiger partial charge in [-0.2, -0.15) is 0 Å². The van der Waals surface area contributed by atoms with Crippen LogP contribution in [0.2, 0.25) is 5.82 Å². The molecule has 1 aliphatic heterocycles. The van der Waals surface area contributed by atoms with Gasteiger partial charge < -0.3 is 29.8 Å². The Hall–Kier alpha value is -0.110. The molecule has 0 unspecified atom stereocenters. The van der Waals surface area contributed by atoms with Crippen LogP contribution >= 0.6 is 0 Å². The van der Waals surface area contributed by atoms with Gasteiger partial charge in [-0.25, -0.2) is 0 Å². The van der Waals surface area contributed by atoms with E-state index in [4.69, 9.17) is 9.39 Å². The highest BCUT2D eigenvalue weighted by Gasteiger charge is 2.69. The smallest absolute Gasteiger partial charge is 0.304 e. The molecule has 4 aliphatic rings. The molecule has 4 N–H and O–H groups in total. The van der Waals surface area contributed by atoms with Crippen LogP contribution in [0.5, 0.6) is 0 Å². The van der Waals surface area contributed by atoms with Crippen molar-refractivity contribution >= 4 is 15.3 Å². The molecule has 3 saturated carbocycles. The summed E-state index contributed by atoms with van der Waals surface area (Å²) < 4.78 is 11.8. The number of ether oxygens (including phenoxy) is 1. The van der Waals surface area contributed by atoms with Crippen molar-refractivity contribution in [1.29, 1.82) is 0 Å². The summed E-state index contributed by atoms with van der Waals surface area (Å²) in [5.41, 5.74) is -1.10. The Morgan fingerprint density at radius 1 is 1.26 bits per heavy atom. The monoisotopic (exact) mass is 324 g/mol. The standard InChI is InChI=1S/C15H26B2O6/c16-9-8-4-14(8,12(21)10(9)19)6-22-17-13-7-2-1-3-15(5-18,23-13)11(7)20/h7-13,17-21H,1-6,16H2/t7-,8-,9-,10+,11+,12+,13-,14+,15-/m1/s1. The maximum absolute atomic E-state index is 10.4. The number of aliphatic hydroxyl groups excluding tert-OH is 4. The fourth-order valence-electron chi connectivity index (χ4n) is 5.49. The minimum atomic E-state index is -0.811. The fourth-order valence-corrected chi connectivity index (χ4v) is 5.49. The first-order chi connectivity index (χ1) is 10.9. The van der Waals surface area contributed by atoms with Crippen LogP contribution in [0.3, 0.4) is 0 Å². The molecule has 9 atom stereocenters. The molecule has 23 heavy (non-hydrogen) atoms. The fraction of sp³-hybridized carbons (Fsp3) is 1.00. The third kappa shape index (κ3) is 2.19. The lowest BCUT2D eigenvalue weighted by Crippen LogP contribution is -2.47. The van der Waals surface area contributed by atoms with Gasteiger partial charge in [-0.1, -0.05) is 0 Å². The van der Waals surface area contributed by atoms with Gasteiger partial charge >= 0.3 is 7.48 Å². The molecular weight excluding hydrogens is 298 g/mol. The molecule has 0 amide bonds. The Kier molecular flexibility index (Phi) is 3.87. The first-order valence-corrected chi connectivity index (χ1v) is 8.86. The average Bonchev–Trinajstić information content (AvgIpc) is 3.22. The molecule has 3 aliphatic carbocycles. The molecule has 0 spiro atoms. The normalized spacial score (nSPS) is 57.3. The van der Waals surface area contributed by atoms with Crippen molar-refractivity contribution in [3.63, 3.8) is 0 Å². The minimum Gasteiger partial charge on any atom is -0.436 e. The van der Waals surface area contributed by atoms with Crippen molar-refractivity contribution in [2.75, 3.05) is 13.2 Å². The van der Waals surface area contributed by atoms with Gasteiger partial charge in [-0.05, 0) is 37.4 Å². The van der Waals surface area contributed by atoms with E-state index in [1.807, 2.05) is 7.85 Å². The average molecular weight is 324 g/mol. The molecule has 1 saturated heterocycles. The summed E-state index contributed by atoms with van der Waals surface area (Å²) in [6.07, 6.45) is 1.45. The topological polar surface area (TPSA) is 99.4 Å². The van der Waals surface area contributed by atoms with Crippen LogP contribution in [-0.4, -0.2) is 78.9 Å². The molecule has 0 radical (unpaired) electrons. The third-order valence-corrected chi connectivity index (χ3v) is 7.13. The molecule has 2 bridgehead atoms. The van der Waals surface area contributed by atoms with E-state index < -0.39 is 23.9 Å². The zero-order valence-corrected chi connectivity index (χ0v) is 13.6. The Balaban J connectivity index is 1.35. The molecule has 4 rings (SSSR count). The zero-order chi connectivity index (χ0) is 16.4. The lowest BCUT2D eigenvalue weighted by molar-refractivity contribution is -0.110. The molecule has 4 fully saturated rings. The quantitative estimate of drug-likeness (QED) is 0.427. The van der Waals surface area contributed by atoms with Crippen molar-refractivity contribution in [3.8, 4) is 0 Å². The van der Waals surface area contributed by atoms with Crippen LogP contribution in [0.1, 0.15) is 25.7 Å². The highest BCUT2D eigenvalue weighted by Crippen LogP contribution is 2.67. The largest absolute Gasteiger partial charge is 0.436 e. The van der Waals surface area contributed by atoms with Crippen LogP contribution in [0.25, 0.3) is 0 Å². The lowest BCUT2D eigenvalue weighted by atomic mass is 9.71. The molecule has 6 nitrogen and oxygen atoms in total. The molecule has 0 aromatic carbocycles. The second kappa shape index (κ2) is 5.44. The first-order valence-electron chi connectivity index (χ1n) is 8.86. The van der Waals surface area contributed by atoms with E-state index >= 15 is 0 Å². The lowest BCUT2D eigenvalue weighted by Gasteiger charge is -2.34. The third-order valence-electron chi connectivity index (χ3n) is 7.13. The predicted molar refractivity (Wildman–Crippen MR) is 86.0 cm³/mol. The van der Waals surface area contributed by atoms with Crippen LogP contribution in [-0.2, 0) is 9.39 Å². The van der Waals surface area contributed by atoms with E-state index in [-0.39, 0.29) is 29.8 Å². The summed E-state index contributed by atoms with van der Waals surface area (Å²) in [6.45, 7) is 0.268. The van der Waals surface area contributed by atoms with E-state index in [0.29, 0.717) is 26.4 Å². The van der Waals surface area contributed by atoms with Crippen LogP contribution in [0.4, 0.5) is 0 Å². The van der Waals surface area contributed by atoms with Crippen molar-refractivity contribution in [2.24, 2.45) is 17.3 Å². The first kappa shape index (κ1) is 16.4. The van der Waals surface area contributed by atoms with E-state index in [1.165, 1.54) is 0 Å². The summed E-state index contributed by atoms with van der Waals surface area (Å²) in [4.78, 5) is 0. The number of aliphatic hydroxyl groups is 4. The van der Waals surface area contributed by atoms with E-state index in [9.17, 15) is 20.4 Å². The van der Waals surface area contributed by atoms with Crippen molar-refractivity contribution in [2.45, 2.75) is 61.4 Å². The number of rotatable bonds is 5. The van der Waals surface area contributed by atoms with E-state index in [0.717, 1.165) is 19.3 Å². The summed E-state index contributed by atoms with van der Waals surface area (Å²) in [7, 11) is 2.35. The maximum atomic E-state index is 10.4. The summed E-state index contributed by atoms with van der Waals surface area (Å²) >= 11 is 0. The van der Waals surface area contributed by atoms with E-state index in [2.05, 4.69) is 0 Å². The Labute approximate surface area is 137 Å². The Bertz CT molecular complexity index is 479. The molecule has 1 heterocycles. The van der Waals surface area contributed by atoms with Gasteiger partial charge in [-0.3, -0.25) is 0 Å². The van der Waals surface area contributed by atoms with E-state index in [1.54, 1.807) is 0 Å². The minimum absolute atomic E-state index is 0.0152.